The van der Waals surface area contributed by atoms with Crippen LogP contribution in [0.2, 0.25) is 0 Å². The van der Waals surface area contributed by atoms with Gasteiger partial charge in [0, 0.05) is 12.1 Å². The minimum atomic E-state index is -4.31. The van der Waals surface area contributed by atoms with E-state index in [0.29, 0.717) is 5.56 Å². The number of carboxylic acids is 1. The fourth-order valence-corrected chi connectivity index (χ4v) is 9.50. The van der Waals surface area contributed by atoms with Gasteiger partial charge in [-0.3, -0.25) is 0 Å². The summed E-state index contributed by atoms with van der Waals surface area (Å²) in [4.78, 5) is 11.0. The number of hydrogen-bond donors (Lipinski definition) is 1. The summed E-state index contributed by atoms with van der Waals surface area (Å²) in [6.07, 6.45) is 0.158. The Balaban J connectivity index is 2.12. The maximum absolute atomic E-state index is 13.5. The van der Waals surface area contributed by atoms with Gasteiger partial charge in [0.05, 0.1) is 33.5 Å². The van der Waals surface area contributed by atoms with E-state index in [1.807, 2.05) is 0 Å². The molecule has 9 nitrogen and oxygen atoms in total. The van der Waals surface area contributed by atoms with E-state index in [0.717, 1.165) is 10.4 Å². The molecule has 0 amide bonds. The van der Waals surface area contributed by atoms with E-state index in [1.165, 1.54) is 19.1 Å². The van der Waals surface area contributed by atoms with Crippen molar-refractivity contribution in [3.63, 3.8) is 0 Å². The summed E-state index contributed by atoms with van der Waals surface area (Å²) in [6.45, 7) is 1.51. The average molecular weight is 452 g/mol. The summed E-state index contributed by atoms with van der Waals surface area (Å²) in [7, 11) is -11.2. The highest BCUT2D eigenvalue weighted by molar-refractivity contribution is 7.92. The van der Waals surface area contributed by atoms with Crippen LogP contribution in [0, 0.1) is 6.92 Å². The highest BCUT2D eigenvalue weighted by atomic mass is 32.2. The van der Waals surface area contributed by atoms with Crippen molar-refractivity contribution in [1.29, 1.82) is 0 Å². The zero-order valence-corrected chi connectivity index (χ0v) is 17.6. The zero-order valence-electron chi connectivity index (χ0n) is 15.1. The molecule has 0 radical (unpaired) electrons. The topological polar surface area (TPSA) is 143 Å². The molecule has 2 atom stereocenters. The van der Waals surface area contributed by atoms with E-state index < -0.39 is 47.8 Å². The minimum Gasteiger partial charge on any atom is -0.478 e. The molecule has 0 bridgehead atoms. The summed E-state index contributed by atoms with van der Waals surface area (Å²) >= 11 is 0. The van der Waals surface area contributed by atoms with Crippen LogP contribution in [-0.2, 0) is 29.7 Å². The maximum Gasteiger partial charge on any atom is 0.335 e. The molecule has 12 heteroatoms. The third kappa shape index (κ3) is 4.09. The first-order valence-electron chi connectivity index (χ1n) is 8.61. The van der Waals surface area contributed by atoms with Crippen LogP contribution in [0.5, 0.6) is 0 Å². The number of carboxylic acid groups (broad SMARTS) is 1. The SMILES string of the molecule is Cc1ccc(C(=O)O)cc1S(=O)(=O)N([C@@H]1CCS(=O)(=O)C1)[C@H]1CCS(=O)(=O)C1. The molecular weight excluding hydrogens is 430 g/mol. The largest absolute Gasteiger partial charge is 0.478 e. The smallest absolute Gasteiger partial charge is 0.335 e. The van der Waals surface area contributed by atoms with Gasteiger partial charge < -0.3 is 5.11 Å². The Morgan fingerprint density at radius 2 is 1.54 bits per heavy atom. The summed E-state index contributed by atoms with van der Waals surface area (Å²) in [5, 5.41) is 9.20. The first-order chi connectivity index (χ1) is 12.8. The lowest BCUT2D eigenvalue weighted by Gasteiger charge is -2.32. The van der Waals surface area contributed by atoms with E-state index in [9.17, 15) is 35.2 Å². The quantitative estimate of drug-likeness (QED) is 0.662. The lowest BCUT2D eigenvalue weighted by molar-refractivity contribution is 0.0696. The van der Waals surface area contributed by atoms with Crippen LogP contribution in [0.25, 0.3) is 0 Å². The molecule has 2 heterocycles. The number of rotatable bonds is 5. The van der Waals surface area contributed by atoms with Crippen molar-refractivity contribution in [2.45, 2.75) is 36.7 Å². The van der Waals surface area contributed by atoms with Gasteiger partial charge in [-0.2, -0.15) is 4.31 Å². The lowest BCUT2D eigenvalue weighted by atomic mass is 10.1. The van der Waals surface area contributed by atoms with Crippen LogP contribution < -0.4 is 0 Å². The lowest BCUT2D eigenvalue weighted by Crippen LogP contribution is -2.48. The Bertz CT molecular complexity index is 1080. The molecule has 0 spiro atoms. The van der Waals surface area contributed by atoms with Gasteiger partial charge >= 0.3 is 5.97 Å². The summed E-state index contributed by atoms with van der Waals surface area (Å²) in [5.41, 5.74) is 0.0823. The monoisotopic (exact) mass is 451 g/mol. The van der Waals surface area contributed by atoms with Crippen LogP contribution in [0.1, 0.15) is 28.8 Å². The highest BCUT2D eigenvalue weighted by Gasteiger charge is 2.46. The Morgan fingerprint density at radius 3 is 1.93 bits per heavy atom. The van der Waals surface area contributed by atoms with Gasteiger partial charge in [-0.15, -0.1) is 0 Å². The van der Waals surface area contributed by atoms with E-state index >= 15 is 0 Å². The number of nitrogens with zero attached hydrogens (tertiary/aromatic N) is 1. The highest BCUT2D eigenvalue weighted by Crippen LogP contribution is 2.33. The molecule has 0 aromatic heterocycles. The normalized spacial score (nSPS) is 26.5. The summed E-state index contributed by atoms with van der Waals surface area (Å²) in [6, 6.07) is 1.93. The van der Waals surface area contributed by atoms with Crippen LogP contribution in [-0.4, -0.2) is 75.7 Å². The summed E-state index contributed by atoms with van der Waals surface area (Å²) < 4.78 is 75.7. The minimum absolute atomic E-state index is 0.0791. The number of aryl methyl sites for hydroxylation is 1. The van der Waals surface area contributed by atoms with E-state index in [1.54, 1.807) is 0 Å². The van der Waals surface area contributed by atoms with Crippen LogP contribution in [0.15, 0.2) is 23.1 Å². The molecule has 2 aliphatic rings. The van der Waals surface area contributed by atoms with Crippen molar-refractivity contribution >= 4 is 35.7 Å². The summed E-state index contributed by atoms with van der Waals surface area (Å²) in [5.74, 6) is -2.38. The van der Waals surface area contributed by atoms with E-state index in [2.05, 4.69) is 0 Å². The second kappa shape index (κ2) is 7.08. The number of benzene rings is 1. The molecule has 156 valence electrons. The fraction of sp³-hybridized carbons (Fsp3) is 0.562. The average Bonchev–Trinajstić information content (AvgIpc) is 3.09. The number of sulfonamides is 1. The van der Waals surface area contributed by atoms with Crippen molar-refractivity contribution < 1.29 is 35.2 Å². The Hall–Kier alpha value is -1.50. The van der Waals surface area contributed by atoms with Crippen molar-refractivity contribution in [2.24, 2.45) is 0 Å². The third-order valence-corrected chi connectivity index (χ3v) is 10.8. The molecule has 2 aliphatic heterocycles. The number of hydrogen-bond acceptors (Lipinski definition) is 7. The van der Waals surface area contributed by atoms with Crippen molar-refractivity contribution in [3.05, 3.63) is 29.3 Å². The predicted molar refractivity (Wildman–Crippen MR) is 101 cm³/mol. The van der Waals surface area contributed by atoms with Crippen molar-refractivity contribution in [3.8, 4) is 0 Å². The molecule has 2 fully saturated rings. The van der Waals surface area contributed by atoms with Crippen LogP contribution in [0.3, 0.4) is 0 Å². The first-order valence-corrected chi connectivity index (χ1v) is 13.7. The van der Waals surface area contributed by atoms with Gasteiger partial charge in [-0.1, -0.05) is 6.07 Å². The van der Waals surface area contributed by atoms with Gasteiger partial charge in [0.1, 0.15) is 0 Å². The molecule has 1 aromatic rings. The van der Waals surface area contributed by atoms with Gasteiger partial charge in [0.2, 0.25) is 10.0 Å². The Morgan fingerprint density at radius 1 is 1.04 bits per heavy atom. The van der Waals surface area contributed by atoms with Gasteiger partial charge in [0.25, 0.3) is 0 Å². The van der Waals surface area contributed by atoms with Gasteiger partial charge in [0.15, 0.2) is 19.7 Å². The van der Waals surface area contributed by atoms with Crippen LogP contribution in [0.4, 0.5) is 0 Å². The van der Waals surface area contributed by atoms with Gasteiger partial charge in [-0.05, 0) is 37.5 Å². The molecule has 0 unspecified atom stereocenters. The van der Waals surface area contributed by atoms with Crippen LogP contribution >= 0.6 is 0 Å². The van der Waals surface area contributed by atoms with E-state index in [-0.39, 0.29) is 46.3 Å². The molecule has 1 N–H and O–H groups in total. The molecule has 28 heavy (non-hydrogen) atoms. The molecule has 1 aromatic carbocycles. The van der Waals surface area contributed by atoms with Crippen molar-refractivity contribution in [2.75, 3.05) is 23.0 Å². The Kier molecular flexibility index (Phi) is 5.36. The number of carbonyl (C=O) groups is 1. The first kappa shape index (κ1) is 21.2. The molecular formula is C16H21NO8S3. The molecule has 2 saturated heterocycles. The number of aromatic carboxylic acids is 1. The second-order valence-electron chi connectivity index (χ2n) is 7.23. The molecule has 0 aliphatic carbocycles. The number of sulfone groups is 2. The maximum atomic E-state index is 13.5. The molecule has 3 rings (SSSR count). The zero-order chi connectivity index (χ0) is 20.9. The van der Waals surface area contributed by atoms with Gasteiger partial charge in [-0.25, -0.2) is 30.0 Å². The predicted octanol–water partition coefficient (Wildman–Crippen LogP) is 0.0581. The third-order valence-electron chi connectivity index (χ3n) is 5.13. The Labute approximate surface area is 164 Å². The van der Waals surface area contributed by atoms with Crippen molar-refractivity contribution in [1.82, 2.24) is 4.31 Å². The van der Waals surface area contributed by atoms with E-state index in [4.69, 9.17) is 0 Å². The fourth-order valence-electron chi connectivity index (χ4n) is 3.77. The second-order valence-corrected chi connectivity index (χ2v) is 13.5. The molecule has 0 saturated carbocycles. The standard InChI is InChI=1S/C16H21NO8S3/c1-11-2-3-12(16(18)19)8-15(11)28(24,25)17(13-4-6-26(20,21)9-13)14-5-7-27(22,23)10-14/h2-3,8,13-14H,4-7,9-10H2,1H3,(H,18,19)/t13-,14+.